The Hall–Kier alpha value is -1.75. The van der Waals surface area contributed by atoms with Gasteiger partial charge in [-0.2, -0.15) is 0 Å². The van der Waals surface area contributed by atoms with E-state index in [4.69, 9.17) is 27.9 Å². The van der Waals surface area contributed by atoms with Crippen molar-refractivity contribution in [1.29, 1.82) is 0 Å². The molecule has 0 unspecified atom stereocenters. The molecule has 3 rings (SSSR count). The van der Waals surface area contributed by atoms with Crippen molar-refractivity contribution in [2.45, 2.75) is 13.0 Å². The number of rotatable bonds is 4. The molecule has 1 saturated heterocycles. The molecule has 1 aliphatic rings. The highest BCUT2D eigenvalue weighted by Gasteiger charge is 2.22. The Morgan fingerprint density at radius 1 is 1.04 bits per heavy atom. The number of nitrogens with zero attached hydrogens (tertiary/aromatic N) is 2. The van der Waals surface area contributed by atoms with Crippen LogP contribution in [0.4, 0.5) is 0 Å². The standard InChI is InChI=1S/C20H22Cl2N2O2/c1-26-16-8-6-15(7-9-16)14-23-10-3-11-24(13-12-23)20(25)17-4-2-5-18(21)19(17)22/h2,4-9H,3,10-14H2,1H3. The Morgan fingerprint density at radius 2 is 1.81 bits per heavy atom. The van der Waals surface area contributed by atoms with Crippen molar-refractivity contribution in [3.05, 3.63) is 63.6 Å². The van der Waals surface area contributed by atoms with Gasteiger partial charge in [-0.25, -0.2) is 0 Å². The second kappa shape index (κ2) is 8.76. The van der Waals surface area contributed by atoms with Gasteiger partial charge in [0.05, 0.1) is 22.7 Å². The lowest BCUT2D eigenvalue weighted by Gasteiger charge is -2.22. The Morgan fingerprint density at radius 3 is 2.54 bits per heavy atom. The highest BCUT2D eigenvalue weighted by molar-refractivity contribution is 6.43. The highest BCUT2D eigenvalue weighted by atomic mass is 35.5. The Kier molecular flexibility index (Phi) is 6.41. The fourth-order valence-electron chi connectivity index (χ4n) is 3.16. The van der Waals surface area contributed by atoms with Crippen molar-refractivity contribution < 1.29 is 9.53 Å². The molecule has 0 spiro atoms. The molecule has 2 aromatic carbocycles. The average molecular weight is 393 g/mol. The van der Waals surface area contributed by atoms with E-state index in [-0.39, 0.29) is 5.91 Å². The molecule has 4 nitrogen and oxygen atoms in total. The van der Waals surface area contributed by atoms with Crippen molar-refractivity contribution in [1.82, 2.24) is 9.80 Å². The lowest BCUT2D eigenvalue weighted by atomic mass is 10.2. The molecule has 1 amide bonds. The third-order valence-corrected chi connectivity index (χ3v) is 5.44. The van der Waals surface area contributed by atoms with E-state index >= 15 is 0 Å². The minimum absolute atomic E-state index is 0.0520. The smallest absolute Gasteiger partial charge is 0.255 e. The number of halogens is 2. The zero-order chi connectivity index (χ0) is 18.5. The maximum absolute atomic E-state index is 12.8. The zero-order valence-electron chi connectivity index (χ0n) is 14.8. The van der Waals surface area contributed by atoms with Crippen molar-refractivity contribution in [2.75, 3.05) is 33.3 Å². The number of methoxy groups -OCH3 is 1. The maximum atomic E-state index is 12.8. The SMILES string of the molecule is COc1ccc(CN2CCCN(C(=O)c3cccc(Cl)c3Cl)CC2)cc1. The molecule has 26 heavy (non-hydrogen) atoms. The van der Waals surface area contributed by atoms with Crippen LogP contribution in [-0.2, 0) is 6.54 Å². The third-order valence-electron chi connectivity index (χ3n) is 4.62. The van der Waals surface area contributed by atoms with Crippen LogP contribution in [0.1, 0.15) is 22.3 Å². The van der Waals surface area contributed by atoms with Crippen LogP contribution in [0.3, 0.4) is 0 Å². The maximum Gasteiger partial charge on any atom is 0.255 e. The molecular formula is C20H22Cl2N2O2. The molecular weight excluding hydrogens is 371 g/mol. The summed E-state index contributed by atoms with van der Waals surface area (Å²) in [6.07, 6.45) is 0.931. The summed E-state index contributed by atoms with van der Waals surface area (Å²) in [6, 6.07) is 13.3. The molecule has 1 fully saturated rings. The van der Waals surface area contributed by atoms with E-state index in [0.717, 1.165) is 38.3 Å². The summed E-state index contributed by atoms with van der Waals surface area (Å²) in [7, 11) is 1.67. The van der Waals surface area contributed by atoms with E-state index in [1.807, 2.05) is 17.0 Å². The van der Waals surface area contributed by atoms with Crippen LogP contribution in [0.15, 0.2) is 42.5 Å². The van der Waals surface area contributed by atoms with Crippen molar-refractivity contribution in [2.24, 2.45) is 0 Å². The van der Waals surface area contributed by atoms with Crippen LogP contribution in [0.25, 0.3) is 0 Å². The van der Waals surface area contributed by atoms with Crippen LogP contribution >= 0.6 is 23.2 Å². The van der Waals surface area contributed by atoms with Gasteiger partial charge in [0.1, 0.15) is 5.75 Å². The number of amides is 1. The van der Waals surface area contributed by atoms with Gasteiger partial charge in [0.15, 0.2) is 0 Å². The predicted molar refractivity (Wildman–Crippen MR) is 105 cm³/mol. The summed E-state index contributed by atoms with van der Waals surface area (Å²) in [5, 5.41) is 0.743. The number of hydrogen-bond donors (Lipinski definition) is 0. The first kappa shape index (κ1) is 19.0. The summed E-state index contributed by atoms with van der Waals surface area (Å²) < 4.78 is 5.20. The minimum Gasteiger partial charge on any atom is -0.497 e. The van der Waals surface area contributed by atoms with Crippen molar-refractivity contribution >= 4 is 29.1 Å². The number of benzene rings is 2. The average Bonchev–Trinajstić information content (AvgIpc) is 2.90. The minimum atomic E-state index is -0.0520. The molecule has 0 N–H and O–H groups in total. The molecule has 0 radical (unpaired) electrons. The van der Waals surface area contributed by atoms with Gasteiger partial charge in [0, 0.05) is 32.7 Å². The van der Waals surface area contributed by atoms with Gasteiger partial charge in [-0.05, 0) is 36.2 Å². The molecule has 1 aliphatic heterocycles. The zero-order valence-corrected chi connectivity index (χ0v) is 16.3. The first-order valence-corrected chi connectivity index (χ1v) is 9.42. The van der Waals surface area contributed by atoms with Gasteiger partial charge in [-0.15, -0.1) is 0 Å². The topological polar surface area (TPSA) is 32.8 Å². The summed E-state index contributed by atoms with van der Waals surface area (Å²) in [4.78, 5) is 17.0. The van der Waals surface area contributed by atoms with Gasteiger partial charge in [0.25, 0.3) is 5.91 Å². The lowest BCUT2D eigenvalue weighted by Crippen LogP contribution is -2.35. The van der Waals surface area contributed by atoms with E-state index in [2.05, 4.69) is 17.0 Å². The fourth-order valence-corrected chi connectivity index (χ4v) is 3.54. The monoisotopic (exact) mass is 392 g/mol. The van der Waals surface area contributed by atoms with Gasteiger partial charge < -0.3 is 9.64 Å². The summed E-state index contributed by atoms with van der Waals surface area (Å²) in [5.41, 5.74) is 1.71. The van der Waals surface area contributed by atoms with Crippen LogP contribution < -0.4 is 4.74 Å². The largest absolute Gasteiger partial charge is 0.497 e. The second-order valence-electron chi connectivity index (χ2n) is 6.37. The van der Waals surface area contributed by atoms with Crippen LogP contribution in [0.2, 0.25) is 10.0 Å². The quantitative estimate of drug-likeness (QED) is 0.774. The number of hydrogen-bond acceptors (Lipinski definition) is 3. The predicted octanol–water partition coefficient (Wildman–Crippen LogP) is 4.35. The van der Waals surface area contributed by atoms with Crippen LogP contribution in [-0.4, -0.2) is 49.0 Å². The first-order chi connectivity index (χ1) is 12.6. The molecule has 1 heterocycles. The van der Waals surface area contributed by atoms with Gasteiger partial charge >= 0.3 is 0 Å². The normalized spacial score (nSPS) is 15.6. The number of ether oxygens (including phenoxy) is 1. The first-order valence-electron chi connectivity index (χ1n) is 8.67. The number of carbonyl (C=O) groups excluding carboxylic acids is 1. The molecule has 0 bridgehead atoms. The van der Waals surface area contributed by atoms with Crippen LogP contribution in [0, 0.1) is 0 Å². The summed E-state index contributed by atoms with van der Waals surface area (Å²) >= 11 is 12.3. The lowest BCUT2D eigenvalue weighted by molar-refractivity contribution is 0.0761. The molecule has 0 aliphatic carbocycles. The molecule has 0 atom stereocenters. The van der Waals surface area contributed by atoms with E-state index in [0.29, 0.717) is 22.2 Å². The number of carbonyl (C=O) groups is 1. The van der Waals surface area contributed by atoms with Gasteiger partial charge in [0.2, 0.25) is 0 Å². The Labute approximate surface area is 164 Å². The van der Waals surface area contributed by atoms with E-state index in [1.54, 1.807) is 25.3 Å². The van der Waals surface area contributed by atoms with Gasteiger partial charge in [-0.3, -0.25) is 9.69 Å². The third kappa shape index (κ3) is 4.50. The highest BCUT2D eigenvalue weighted by Crippen LogP contribution is 2.27. The van der Waals surface area contributed by atoms with E-state index in [1.165, 1.54) is 5.56 Å². The second-order valence-corrected chi connectivity index (χ2v) is 7.16. The molecule has 0 saturated carbocycles. The van der Waals surface area contributed by atoms with Crippen molar-refractivity contribution in [3.63, 3.8) is 0 Å². The fraction of sp³-hybridized carbons (Fsp3) is 0.350. The van der Waals surface area contributed by atoms with E-state index < -0.39 is 0 Å². The van der Waals surface area contributed by atoms with Crippen LogP contribution in [0.5, 0.6) is 5.75 Å². The van der Waals surface area contributed by atoms with E-state index in [9.17, 15) is 4.79 Å². The van der Waals surface area contributed by atoms with Gasteiger partial charge in [-0.1, -0.05) is 41.4 Å². The van der Waals surface area contributed by atoms with Crippen molar-refractivity contribution in [3.8, 4) is 5.75 Å². The Balaban J connectivity index is 1.62. The molecule has 138 valence electrons. The Bertz CT molecular complexity index is 765. The molecule has 2 aromatic rings. The molecule has 6 heteroatoms. The summed E-state index contributed by atoms with van der Waals surface area (Å²) in [6.45, 7) is 4.05. The molecule has 0 aromatic heterocycles. The summed E-state index contributed by atoms with van der Waals surface area (Å²) in [5.74, 6) is 0.809.